The molecule has 1 N–H and O–H groups in total. The van der Waals surface area contributed by atoms with Gasteiger partial charge >= 0.3 is 0 Å². The Kier molecular flexibility index (Phi) is 3.76. The second kappa shape index (κ2) is 5.12. The normalized spacial score (nSPS) is 20.4. The van der Waals surface area contributed by atoms with Crippen molar-refractivity contribution in [3.63, 3.8) is 0 Å². The molecule has 0 atom stereocenters. The lowest BCUT2D eigenvalue weighted by molar-refractivity contribution is -0.253. The molecule has 1 saturated heterocycles. The lowest BCUT2D eigenvalue weighted by atomic mass is 10.2. The molecule has 0 aromatic heterocycles. The fraction of sp³-hybridized carbons (Fsp3) is 0.538. The Morgan fingerprint density at radius 3 is 2.41 bits per heavy atom. The highest BCUT2D eigenvalue weighted by atomic mass is 19.1. The Morgan fingerprint density at radius 2 is 1.82 bits per heavy atom. The third kappa shape index (κ3) is 3.77. The predicted molar refractivity (Wildman–Crippen MR) is 63.0 cm³/mol. The van der Waals surface area contributed by atoms with Crippen molar-refractivity contribution < 1.29 is 13.9 Å². The maximum Gasteiger partial charge on any atom is 0.162 e. The molecule has 0 aliphatic carbocycles. The van der Waals surface area contributed by atoms with Crippen LogP contribution in [0.25, 0.3) is 0 Å². The molecule has 0 spiro atoms. The first-order valence-electron chi connectivity index (χ1n) is 5.81. The van der Waals surface area contributed by atoms with Crippen molar-refractivity contribution in [2.75, 3.05) is 13.2 Å². The fourth-order valence-electron chi connectivity index (χ4n) is 1.67. The van der Waals surface area contributed by atoms with Crippen molar-refractivity contribution in [1.29, 1.82) is 0 Å². The molecule has 4 heteroatoms. The standard InChI is InChI=1S/C13H18FNO2/c1-13(2)16-8-12(9-17-13)15-7-10-3-5-11(14)6-4-10/h3-6,12,15H,7-9H2,1-2H3. The van der Waals surface area contributed by atoms with Gasteiger partial charge in [0.2, 0.25) is 0 Å². The zero-order chi connectivity index (χ0) is 12.3. The molecule has 1 heterocycles. The van der Waals surface area contributed by atoms with Gasteiger partial charge in [-0.3, -0.25) is 0 Å². The van der Waals surface area contributed by atoms with E-state index in [1.807, 2.05) is 13.8 Å². The summed E-state index contributed by atoms with van der Waals surface area (Å²) in [5, 5.41) is 3.32. The Balaban J connectivity index is 1.78. The van der Waals surface area contributed by atoms with Crippen LogP contribution in [0.3, 0.4) is 0 Å². The van der Waals surface area contributed by atoms with Crippen LogP contribution in [0.4, 0.5) is 4.39 Å². The van der Waals surface area contributed by atoms with Crippen LogP contribution in [0.5, 0.6) is 0 Å². The van der Waals surface area contributed by atoms with E-state index in [1.165, 1.54) is 12.1 Å². The number of benzene rings is 1. The van der Waals surface area contributed by atoms with Gasteiger partial charge < -0.3 is 14.8 Å². The van der Waals surface area contributed by atoms with Gasteiger partial charge in [-0.15, -0.1) is 0 Å². The van der Waals surface area contributed by atoms with E-state index in [4.69, 9.17) is 9.47 Å². The summed E-state index contributed by atoms with van der Waals surface area (Å²) >= 11 is 0. The van der Waals surface area contributed by atoms with Crippen molar-refractivity contribution in [2.45, 2.75) is 32.2 Å². The molecule has 1 aromatic rings. The van der Waals surface area contributed by atoms with Crippen LogP contribution < -0.4 is 5.32 Å². The molecule has 1 aliphatic heterocycles. The maximum atomic E-state index is 12.7. The lowest BCUT2D eigenvalue weighted by Gasteiger charge is -2.35. The zero-order valence-corrected chi connectivity index (χ0v) is 10.2. The van der Waals surface area contributed by atoms with Crippen LogP contribution in [0, 0.1) is 5.82 Å². The minimum Gasteiger partial charge on any atom is -0.349 e. The van der Waals surface area contributed by atoms with E-state index in [-0.39, 0.29) is 11.9 Å². The van der Waals surface area contributed by atoms with Gasteiger partial charge in [-0.1, -0.05) is 12.1 Å². The molecule has 2 rings (SSSR count). The molecular weight excluding hydrogens is 221 g/mol. The molecule has 0 bridgehead atoms. The van der Waals surface area contributed by atoms with Gasteiger partial charge in [0.1, 0.15) is 5.82 Å². The zero-order valence-electron chi connectivity index (χ0n) is 10.2. The maximum absolute atomic E-state index is 12.7. The van der Waals surface area contributed by atoms with E-state index in [2.05, 4.69) is 5.32 Å². The minimum atomic E-state index is -0.478. The highest BCUT2D eigenvalue weighted by Gasteiger charge is 2.27. The Hall–Kier alpha value is -0.970. The van der Waals surface area contributed by atoms with Gasteiger partial charge in [-0.05, 0) is 31.5 Å². The molecule has 3 nitrogen and oxygen atoms in total. The summed E-state index contributed by atoms with van der Waals surface area (Å²) in [5.41, 5.74) is 1.05. The van der Waals surface area contributed by atoms with Crippen molar-refractivity contribution >= 4 is 0 Å². The third-order valence-corrected chi connectivity index (χ3v) is 2.77. The number of rotatable bonds is 3. The molecule has 0 radical (unpaired) electrons. The lowest BCUT2D eigenvalue weighted by Crippen LogP contribution is -2.48. The first-order valence-corrected chi connectivity index (χ1v) is 5.81. The van der Waals surface area contributed by atoms with Crippen molar-refractivity contribution in [3.05, 3.63) is 35.6 Å². The SMILES string of the molecule is CC1(C)OCC(NCc2ccc(F)cc2)CO1. The number of halogens is 1. The van der Waals surface area contributed by atoms with Gasteiger partial charge in [-0.2, -0.15) is 0 Å². The summed E-state index contributed by atoms with van der Waals surface area (Å²) < 4.78 is 23.8. The van der Waals surface area contributed by atoms with Gasteiger partial charge in [0.15, 0.2) is 5.79 Å². The topological polar surface area (TPSA) is 30.5 Å². The van der Waals surface area contributed by atoms with Crippen LogP contribution in [-0.2, 0) is 16.0 Å². The minimum absolute atomic E-state index is 0.188. The first kappa shape index (κ1) is 12.5. The van der Waals surface area contributed by atoms with E-state index in [0.717, 1.165) is 5.56 Å². The quantitative estimate of drug-likeness (QED) is 0.876. The molecule has 94 valence electrons. The van der Waals surface area contributed by atoms with E-state index in [1.54, 1.807) is 12.1 Å². The Bertz CT molecular complexity index is 354. The second-order valence-corrected chi connectivity index (χ2v) is 4.73. The Labute approximate surface area is 101 Å². The van der Waals surface area contributed by atoms with Gasteiger partial charge in [-0.25, -0.2) is 4.39 Å². The van der Waals surface area contributed by atoms with Crippen LogP contribution in [0.2, 0.25) is 0 Å². The summed E-state index contributed by atoms with van der Waals surface area (Å²) in [6, 6.07) is 6.67. The summed E-state index contributed by atoms with van der Waals surface area (Å²) in [5.74, 6) is -0.687. The van der Waals surface area contributed by atoms with Gasteiger partial charge in [0.05, 0.1) is 19.3 Å². The highest BCUT2D eigenvalue weighted by molar-refractivity contribution is 5.15. The number of ether oxygens (including phenoxy) is 2. The van der Waals surface area contributed by atoms with Crippen molar-refractivity contribution in [1.82, 2.24) is 5.32 Å². The first-order chi connectivity index (χ1) is 8.05. The number of hydrogen-bond donors (Lipinski definition) is 1. The smallest absolute Gasteiger partial charge is 0.162 e. The molecule has 0 amide bonds. The average molecular weight is 239 g/mol. The molecule has 1 aliphatic rings. The highest BCUT2D eigenvalue weighted by Crippen LogP contribution is 2.17. The largest absolute Gasteiger partial charge is 0.349 e. The second-order valence-electron chi connectivity index (χ2n) is 4.73. The molecule has 1 fully saturated rings. The van der Waals surface area contributed by atoms with E-state index >= 15 is 0 Å². The van der Waals surface area contributed by atoms with Gasteiger partial charge in [0.25, 0.3) is 0 Å². The number of nitrogens with one attached hydrogen (secondary N) is 1. The van der Waals surface area contributed by atoms with Crippen LogP contribution in [-0.4, -0.2) is 25.0 Å². The van der Waals surface area contributed by atoms with Crippen LogP contribution in [0.15, 0.2) is 24.3 Å². The van der Waals surface area contributed by atoms with Crippen molar-refractivity contribution in [3.8, 4) is 0 Å². The third-order valence-electron chi connectivity index (χ3n) is 2.77. The average Bonchev–Trinajstić information content (AvgIpc) is 2.30. The fourth-order valence-corrected chi connectivity index (χ4v) is 1.67. The molecule has 0 unspecified atom stereocenters. The summed E-state index contributed by atoms with van der Waals surface area (Å²) in [6.07, 6.45) is 0. The summed E-state index contributed by atoms with van der Waals surface area (Å²) in [7, 11) is 0. The van der Waals surface area contributed by atoms with E-state index in [0.29, 0.717) is 19.8 Å². The molecule has 17 heavy (non-hydrogen) atoms. The predicted octanol–water partition coefficient (Wildman–Crippen LogP) is 2.07. The van der Waals surface area contributed by atoms with Crippen LogP contribution >= 0.6 is 0 Å². The van der Waals surface area contributed by atoms with Crippen LogP contribution in [0.1, 0.15) is 19.4 Å². The molecular formula is C13H18FNO2. The summed E-state index contributed by atoms with van der Waals surface area (Å²) in [6.45, 7) is 5.77. The molecule has 1 aromatic carbocycles. The number of hydrogen-bond acceptors (Lipinski definition) is 3. The van der Waals surface area contributed by atoms with Gasteiger partial charge in [0, 0.05) is 6.54 Å². The Morgan fingerprint density at radius 1 is 1.24 bits per heavy atom. The summed E-state index contributed by atoms with van der Waals surface area (Å²) in [4.78, 5) is 0. The monoisotopic (exact) mass is 239 g/mol. The van der Waals surface area contributed by atoms with E-state index < -0.39 is 5.79 Å². The van der Waals surface area contributed by atoms with E-state index in [9.17, 15) is 4.39 Å². The molecule has 0 saturated carbocycles. The van der Waals surface area contributed by atoms with Crippen molar-refractivity contribution in [2.24, 2.45) is 0 Å².